The van der Waals surface area contributed by atoms with E-state index in [1.807, 2.05) is 0 Å². The van der Waals surface area contributed by atoms with Gasteiger partial charge in [0.25, 0.3) is 11.7 Å². The van der Waals surface area contributed by atoms with Crippen LogP contribution in [0, 0.1) is 0 Å². The number of ketones is 1. The van der Waals surface area contributed by atoms with Gasteiger partial charge in [-0.2, -0.15) is 0 Å². The number of nitrogens with zero attached hydrogens (tertiary/aromatic N) is 2. The summed E-state index contributed by atoms with van der Waals surface area (Å²) >= 11 is 0. The van der Waals surface area contributed by atoms with E-state index in [1.165, 1.54) is 33.3 Å². The monoisotopic (exact) mass is 490 g/mol. The summed E-state index contributed by atoms with van der Waals surface area (Å²) in [7, 11) is 5.93. The molecule has 2 aromatic carbocycles. The van der Waals surface area contributed by atoms with Crippen molar-refractivity contribution in [2.24, 2.45) is 0 Å². The van der Waals surface area contributed by atoms with Gasteiger partial charge in [0.1, 0.15) is 11.5 Å². The predicted octanol–water partition coefficient (Wildman–Crippen LogP) is 3.74. The second-order valence-corrected chi connectivity index (χ2v) is 7.94. The first kappa shape index (κ1) is 24.6. The predicted molar refractivity (Wildman–Crippen MR) is 131 cm³/mol. The molecule has 1 N–H and O–H groups in total. The van der Waals surface area contributed by atoms with Crippen molar-refractivity contribution in [2.75, 3.05) is 28.4 Å². The number of methoxy groups -OCH3 is 4. The van der Waals surface area contributed by atoms with Gasteiger partial charge in [-0.3, -0.25) is 14.6 Å². The van der Waals surface area contributed by atoms with E-state index in [-0.39, 0.29) is 17.9 Å². The smallest absolute Gasteiger partial charge is 0.296 e. The Morgan fingerprint density at radius 1 is 0.917 bits per heavy atom. The molecule has 1 saturated heterocycles. The van der Waals surface area contributed by atoms with Gasteiger partial charge in [-0.1, -0.05) is 18.2 Å². The number of likely N-dealkylation sites (tertiary alicyclic amines) is 1. The molecule has 4 rings (SSSR count). The first-order valence-corrected chi connectivity index (χ1v) is 11.1. The second kappa shape index (κ2) is 10.4. The molecule has 186 valence electrons. The summed E-state index contributed by atoms with van der Waals surface area (Å²) in [6.07, 6.45) is 1.61. The minimum atomic E-state index is -0.952. The van der Waals surface area contributed by atoms with E-state index in [1.54, 1.807) is 60.8 Å². The Hall–Kier alpha value is -4.53. The van der Waals surface area contributed by atoms with Gasteiger partial charge in [0, 0.05) is 11.8 Å². The van der Waals surface area contributed by atoms with Gasteiger partial charge in [0.05, 0.1) is 52.3 Å². The van der Waals surface area contributed by atoms with E-state index in [0.717, 1.165) is 0 Å². The van der Waals surface area contributed by atoms with Gasteiger partial charge < -0.3 is 29.0 Å². The van der Waals surface area contributed by atoms with Gasteiger partial charge in [0.15, 0.2) is 11.5 Å². The number of amides is 1. The van der Waals surface area contributed by atoms with Crippen molar-refractivity contribution in [3.05, 3.63) is 83.2 Å². The highest BCUT2D eigenvalue weighted by Gasteiger charge is 2.46. The fourth-order valence-corrected chi connectivity index (χ4v) is 4.24. The number of hydrogen-bond acceptors (Lipinski definition) is 8. The summed E-state index contributed by atoms with van der Waals surface area (Å²) in [5.41, 5.74) is 1.34. The topological polar surface area (TPSA) is 107 Å². The van der Waals surface area contributed by atoms with Crippen LogP contribution in [0.3, 0.4) is 0 Å². The third-order valence-electron chi connectivity index (χ3n) is 5.94. The van der Waals surface area contributed by atoms with Crippen LogP contribution in [0.4, 0.5) is 0 Å². The maximum absolute atomic E-state index is 13.3. The van der Waals surface area contributed by atoms with Crippen LogP contribution >= 0.6 is 0 Å². The second-order valence-electron chi connectivity index (χ2n) is 7.94. The summed E-state index contributed by atoms with van der Waals surface area (Å²) in [6, 6.07) is 14.3. The lowest BCUT2D eigenvalue weighted by Crippen LogP contribution is -2.29. The number of aromatic nitrogens is 1. The van der Waals surface area contributed by atoms with Gasteiger partial charge in [-0.15, -0.1) is 0 Å². The number of pyridine rings is 1. The highest BCUT2D eigenvalue weighted by molar-refractivity contribution is 6.46. The van der Waals surface area contributed by atoms with Crippen molar-refractivity contribution in [2.45, 2.75) is 12.6 Å². The SMILES string of the molecule is COc1cccc(/C(O)=C2\C(=O)C(=O)N(Cc3ccccn3)C2c2cc(OC)c(OC)c(OC)c2)c1. The molecule has 0 radical (unpaired) electrons. The molecule has 9 heteroatoms. The number of benzene rings is 2. The van der Waals surface area contributed by atoms with E-state index in [9.17, 15) is 14.7 Å². The summed E-state index contributed by atoms with van der Waals surface area (Å²) in [5, 5.41) is 11.3. The molecule has 0 bridgehead atoms. The van der Waals surface area contributed by atoms with Crippen LogP contribution in [0.1, 0.15) is 22.9 Å². The third-order valence-corrected chi connectivity index (χ3v) is 5.94. The number of aliphatic hydroxyl groups is 1. The van der Waals surface area contributed by atoms with Crippen molar-refractivity contribution in [3.63, 3.8) is 0 Å². The Morgan fingerprint density at radius 2 is 1.64 bits per heavy atom. The van der Waals surface area contributed by atoms with Crippen molar-refractivity contribution < 1.29 is 33.6 Å². The molecule has 0 saturated carbocycles. The number of aliphatic hydroxyl groups excluding tert-OH is 1. The largest absolute Gasteiger partial charge is 0.507 e. The molecule has 1 amide bonds. The molecule has 1 aliphatic heterocycles. The van der Waals surface area contributed by atoms with Crippen LogP contribution in [0.2, 0.25) is 0 Å². The van der Waals surface area contributed by atoms with Gasteiger partial charge in [-0.25, -0.2) is 0 Å². The molecular formula is C27H26N2O7. The number of ether oxygens (including phenoxy) is 4. The number of hydrogen-bond donors (Lipinski definition) is 1. The van der Waals surface area contributed by atoms with Crippen molar-refractivity contribution in [1.29, 1.82) is 0 Å². The van der Waals surface area contributed by atoms with E-state index >= 15 is 0 Å². The highest BCUT2D eigenvalue weighted by Crippen LogP contribution is 2.46. The minimum absolute atomic E-state index is 0.0433. The van der Waals surface area contributed by atoms with Crippen molar-refractivity contribution >= 4 is 17.4 Å². The zero-order valence-corrected chi connectivity index (χ0v) is 20.3. The lowest BCUT2D eigenvalue weighted by Gasteiger charge is -2.26. The molecule has 36 heavy (non-hydrogen) atoms. The number of rotatable bonds is 8. The van der Waals surface area contributed by atoms with Crippen LogP contribution < -0.4 is 18.9 Å². The molecule has 1 atom stereocenters. The van der Waals surface area contributed by atoms with Crippen molar-refractivity contribution in [3.8, 4) is 23.0 Å². The average Bonchev–Trinajstić information content (AvgIpc) is 3.17. The quantitative estimate of drug-likeness (QED) is 0.289. The molecule has 1 unspecified atom stereocenters. The average molecular weight is 491 g/mol. The van der Waals surface area contributed by atoms with Crippen LogP contribution in [-0.2, 0) is 16.1 Å². The number of carbonyl (C=O) groups excluding carboxylic acids is 2. The third kappa shape index (κ3) is 4.43. The van der Waals surface area contributed by atoms with E-state index < -0.39 is 17.7 Å². The standard InChI is InChI=1S/C27H26N2O7/c1-33-19-10-7-8-16(12-19)24(30)22-23(17-13-20(34-2)26(36-4)21(14-17)35-3)29(27(32)25(22)31)15-18-9-5-6-11-28-18/h5-14,23,30H,15H2,1-4H3/b24-22+. The Morgan fingerprint density at radius 3 is 2.22 bits per heavy atom. The van der Waals surface area contributed by atoms with E-state index in [4.69, 9.17) is 18.9 Å². The Balaban J connectivity index is 1.95. The maximum Gasteiger partial charge on any atom is 0.296 e. The van der Waals surface area contributed by atoms with Crippen LogP contribution in [0.15, 0.2) is 66.4 Å². The minimum Gasteiger partial charge on any atom is -0.507 e. The molecule has 3 aromatic rings. The molecule has 1 aromatic heterocycles. The van der Waals surface area contributed by atoms with Crippen molar-refractivity contribution in [1.82, 2.24) is 9.88 Å². The van der Waals surface area contributed by atoms with E-state index in [0.29, 0.717) is 39.8 Å². The molecule has 1 aliphatic rings. The molecule has 1 fully saturated rings. The van der Waals surface area contributed by atoms with Gasteiger partial charge in [-0.05, 0) is 42.0 Å². The van der Waals surface area contributed by atoms with Gasteiger partial charge >= 0.3 is 0 Å². The maximum atomic E-state index is 13.3. The normalized spacial score (nSPS) is 16.7. The lowest BCUT2D eigenvalue weighted by molar-refractivity contribution is -0.140. The fraction of sp³-hybridized carbons (Fsp3) is 0.222. The van der Waals surface area contributed by atoms with Crippen LogP contribution in [0.25, 0.3) is 5.76 Å². The summed E-state index contributed by atoms with van der Waals surface area (Å²) in [6.45, 7) is 0.0433. The highest BCUT2D eigenvalue weighted by atomic mass is 16.5. The van der Waals surface area contributed by atoms with Gasteiger partial charge in [0.2, 0.25) is 5.75 Å². The Bertz CT molecular complexity index is 1300. The zero-order chi connectivity index (χ0) is 25.8. The summed E-state index contributed by atoms with van der Waals surface area (Å²) in [5.74, 6) is -0.360. The zero-order valence-electron chi connectivity index (χ0n) is 20.3. The number of Topliss-reactive ketones (excluding diaryl/α,β-unsaturated/α-hetero) is 1. The van der Waals surface area contributed by atoms with Crippen LogP contribution in [0.5, 0.6) is 23.0 Å². The molecule has 9 nitrogen and oxygen atoms in total. The first-order valence-electron chi connectivity index (χ1n) is 11.1. The fourth-order valence-electron chi connectivity index (χ4n) is 4.24. The first-order chi connectivity index (χ1) is 17.4. The molecule has 2 heterocycles. The molecular weight excluding hydrogens is 464 g/mol. The Kier molecular flexibility index (Phi) is 7.10. The van der Waals surface area contributed by atoms with Crippen LogP contribution in [-0.4, -0.2) is 55.1 Å². The molecule has 0 spiro atoms. The lowest BCUT2D eigenvalue weighted by atomic mass is 9.94. The number of carbonyl (C=O) groups is 2. The summed E-state index contributed by atoms with van der Waals surface area (Å²) in [4.78, 5) is 32.3. The molecule has 0 aliphatic carbocycles. The Labute approximate surface area is 208 Å². The van der Waals surface area contributed by atoms with E-state index in [2.05, 4.69) is 4.98 Å². The summed E-state index contributed by atoms with van der Waals surface area (Å²) < 4.78 is 21.7.